The minimum Gasteiger partial charge on any atom is -0.497 e. The van der Waals surface area contributed by atoms with Gasteiger partial charge in [0.15, 0.2) is 0 Å². The van der Waals surface area contributed by atoms with Crippen LogP contribution in [0.15, 0.2) is 72.8 Å². The molecule has 0 saturated heterocycles. The first-order chi connectivity index (χ1) is 15.7. The Labute approximate surface area is 189 Å². The van der Waals surface area contributed by atoms with Gasteiger partial charge in [0.25, 0.3) is 0 Å². The summed E-state index contributed by atoms with van der Waals surface area (Å²) in [4.78, 5) is 10.6. The largest absolute Gasteiger partial charge is 0.497 e. The number of benzene rings is 3. The van der Waals surface area contributed by atoms with E-state index in [1.54, 1.807) is 7.11 Å². The van der Waals surface area contributed by atoms with Crippen LogP contribution in [-0.4, -0.2) is 24.8 Å². The Kier molecular flexibility index (Phi) is 7.10. The van der Waals surface area contributed by atoms with Crippen LogP contribution in [0.5, 0.6) is 11.5 Å². The summed E-state index contributed by atoms with van der Waals surface area (Å²) in [5.41, 5.74) is 5.38. The summed E-state index contributed by atoms with van der Waals surface area (Å²) in [6, 6.07) is 25.7. The third-order valence-electron chi connectivity index (χ3n) is 6.33. The number of aliphatic carboxylic acids is 1. The number of carboxylic acids is 1. The van der Waals surface area contributed by atoms with Crippen LogP contribution in [0, 0.1) is 0 Å². The van der Waals surface area contributed by atoms with E-state index in [4.69, 9.17) is 14.6 Å². The maximum Gasteiger partial charge on any atom is 0.303 e. The molecule has 0 heterocycles. The van der Waals surface area contributed by atoms with Crippen LogP contribution in [0.2, 0.25) is 0 Å². The lowest BCUT2D eigenvalue weighted by atomic mass is 9.69. The van der Waals surface area contributed by atoms with Gasteiger partial charge in [0.2, 0.25) is 0 Å². The molecule has 0 spiro atoms. The summed E-state index contributed by atoms with van der Waals surface area (Å²) in [6.07, 6.45) is 3.70. The lowest BCUT2D eigenvalue weighted by Crippen LogP contribution is -2.20. The van der Waals surface area contributed by atoms with Crippen molar-refractivity contribution in [3.63, 3.8) is 0 Å². The van der Waals surface area contributed by atoms with Gasteiger partial charge in [0.1, 0.15) is 11.5 Å². The molecule has 3 aromatic rings. The van der Waals surface area contributed by atoms with Crippen LogP contribution >= 0.6 is 0 Å². The first-order valence-corrected chi connectivity index (χ1v) is 11.3. The van der Waals surface area contributed by atoms with Gasteiger partial charge < -0.3 is 14.6 Å². The highest BCUT2D eigenvalue weighted by Crippen LogP contribution is 2.47. The SMILES string of the molecule is COc1ccc2c(c1)CCC(c1ccccc1)C2c1ccc(OCCCCC(=O)O)cc1. The average molecular weight is 431 g/mol. The number of aryl methyl sites for hydroxylation is 1. The molecule has 0 saturated carbocycles. The first-order valence-electron chi connectivity index (χ1n) is 11.3. The Morgan fingerprint density at radius 2 is 1.69 bits per heavy atom. The van der Waals surface area contributed by atoms with Gasteiger partial charge >= 0.3 is 5.97 Å². The van der Waals surface area contributed by atoms with Gasteiger partial charge in [0.05, 0.1) is 13.7 Å². The van der Waals surface area contributed by atoms with Gasteiger partial charge in [-0.2, -0.15) is 0 Å². The van der Waals surface area contributed by atoms with Gasteiger partial charge in [-0.1, -0.05) is 48.5 Å². The van der Waals surface area contributed by atoms with Crippen LogP contribution in [0.25, 0.3) is 0 Å². The summed E-state index contributed by atoms with van der Waals surface area (Å²) in [5, 5.41) is 8.74. The smallest absolute Gasteiger partial charge is 0.303 e. The highest BCUT2D eigenvalue weighted by atomic mass is 16.5. The molecule has 0 radical (unpaired) electrons. The summed E-state index contributed by atoms with van der Waals surface area (Å²) < 4.78 is 11.3. The standard InChI is InChI=1S/C28H30O4/c1-31-24-15-17-26-22(19-24)12-16-25(20-7-3-2-4-8-20)28(26)21-10-13-23(14-11-21)32-18-6-5-9-27(29)30/h2-4,7-8,10-11,13-15,17,19,25,28H,5-6,9,12,16,18H2,1H3,(H,29,30). The third-order valence-corrected chi connectivity index (χ3v) is 6.33. The zero-order chi connectivity index (χ0) is 22.3. The van der Waals surface area contributed by atoms with Crippen LogP contribution in [0.3, 0.4) is 0 Å². The molecule has 32 heavy (non-hydrogen) atoms. The lowest BCUT2D eigenvalue weighted by molar-refractivity contribution is -0.137. The van der Waals surface area contributed by atoms with Crippen LogP contribution < -0.4 is 9.47 Å². The minimum absolute atomic E-state index is 0.190. The molecule has 2 atom stereocenters. The molecule has 4 nitrogen and oxygen atoms in total. The molecule has 4 heteroatoms. The first kappa shape index (κ1) is 21.9. The van der Waals surface area contributed by atoms with E-state index in [1.165, 1.54) is 22.3 Å². The second-order valence-corrected chi connectivity index (χ2v) is 8.37. The van der Waals surface area contributed by atoms with Gasteiger partial charge in [0, 0.05) is 12.3 Å². The molecule has 0 bridgehead atoms. The molecule has 2 unspecified atom stereocenters. The van der Waals surface area contributed by atoms with Crippen LogP contribution in [-0.2, 0) is 11.2 Å². The van der Waals surface area contributed by atoms with Gasteiger partial charge in [-0.05, 0) is 78.1 Å². The van der Waals surface area contributed by atoms with Crippen molar-refractivity contribution in [1.29, 1.82) is 0 Å². The van der Waals surface area contributed by atoms with Crippen molar-refractivity contribution in [2.45, 2.75) is 43.9 Å². The molecular formula is C28H30O4. The normalized spacial score (nSPS) is 17.4. The lowest BCUT2D eigenvalue weighted by Gasteiger charge is -2.35. The Morgan fingerprint density at radius 1 is 0.938 bits per heavy atom. The van der Waals surface area contributed by atoms with E-state index in [-0.39, 0.29) is 12.3 Å². The summed E-state index contributed by atoms with van der Waals surface area (Å²) in [5.74, 6) is 1.67. The molecular weight excluding hydrogens is 400 g/mol. The third kappa shape index (κ3) is 5.13. The zero-order valence-electron chi connectivity index (χ0n) is 18.5. The highest BCUT2D eigenvalue weighted by Gasteiger charge is 2.32. The Balaban J connectivity index is 1.56. The zero-order valence-corrected chi connectivity index (χ0v) is 18.5. The summed E-state index contributed by atoms with van der Waals surface area (Å²) in [7, 11) is 1.72. The van der Waals surface area contributed by atoms with E-state index >= 15 is 0 Å². The van der Waals surface area contributed by atoms with Crippen molar-refractivity contribution in [3.05, 3.63) is 95.1 Å². The van der Waals surface area contributed by atoms with E-state index in [0.29, 0.717) is 18.9 Å². The summed E-state index contributed by atoms with van der Waals surface area (Å²) >= 11 is 0. The molecule has 1 aliphatic rings. The van der Waals surface area contributed by atoms with E-state index in [0.717, 1.165) is 30.8 Å². The maximum absolute atomic E-state index is 10.6. The number of carbonyl (C=O) groups is 1. The second-order valence-electron chi connectivity index (χ2n) is 8.37. The molecule has 0 aromatic heterocycles. The number of carboxylic acid groups (broad SMARTS) is 1. The van der Waals surface area contributed by atoms with E-state index in [2.05, 4.69) is 60.7 Å². The van der Waals surface area contributed by atoms with Crippen molar-refractivity contribution in [1.82, 2.24) is 0 Å². The van der Waals surface area contributed by atoms with E-state index < -0.39 is 5.97 Å². The molecule has 4 rings (SSSR count). The van der Waals surface area contributed by atoms with Crippen molar-refractivity contribution in [2.75, 3.05) is 13.7 Å². The number of rotatable bonds is 9. The Morgan fingerprint density at radius 3 is 2.41 bits per heavy atom. The molecule has 3 aromatic carbocycles. The fourth-order valence-corrected chi connectivity index (χ4v) is 4.73. The van der Waals surface area contributed by atoms with Crippen LogP contribution in [0.1, 0.15) is 59.8 Å². The number of fused-ring (bicyclic) bond motifs is 1. The van der Waals surface area contributed by atoms with Crippen molar-refractivity contribution >= 4 is 5.97 Å². The van der Waals surface area contributed by atoms with Gasteiger partial charge in [-0.15, -0.1) is 0 Å². The maximum atomic E-state index is 10.6. The number of methoxy groups -OCH3 is 1. The van der Waals surface area contributed by atoms with Crippen molar-refractivity contribution in [2.24, 2.45) is 0 Å². The molecule has 1 aliphatic carbocycles. The van der Waals surface area contributed by atoms with Crippen molar-refractivity contribution < 1.29 is 19.4 Å². The van der Waals surface area contributed by atoms with Crippen molar-refractivity contribution in [3.8, 4) is 11.5 Å². The van der Waals surface area contributed by atoms with Gasteiger partial charge in [-0.3, -0.25) is 4.79 Å². The predicted molar refractivity (Wildman–Crippen MR) is 126 cm³/mol. The fraction of sp³-hybridized carbons (Fsp3) is 0.321. The Bertz CT molecular complexity index is 1030. The second kappa shape index (κ2) is 10.4. The monoisotopic (exact) mass is 430 g/mol. The number of hydrogen-bond acceptors (Lipinski definition) is 3. The highest BCUT2D eigenvalue weighted by molar-refractivity contribution is 5.66. The number of ether oxygens (including phenoxy) is 2. The van der Waals surface area contributed by atoms with E-state index in [9.17, 15) is 4.79 Å². The molecule has 0 aliphatic heterocycles. The predicted octanol–water partition coefficient (Wildman–Crippen LogP) is 6.19. The topological polar surface area (TPSA) is 55.8 Å². The quantitative estimate of drug-likeness (QED) is 0.411. The number of hydrogen-bond donors (Lipinski definition) is 1. The Hall–Kier alpha value is -3.27. The molecule has 1 N–H and O–H groups in total. The summed E-state index contributed by atoms with van der Waals surface area (Å²) in [6.45, 7) is 0.533. The minimum atomic E-state index is -0.757. The fourth-order valence-electron chi connectivity index (χ4n) is 4.73. The molecule has 0 fully saturated rings. The molecule has 0 amide bonds. The van der Waals surface area contributed by atoms with Gasteiger partial charge in [-0.25, -0.2) is 0 Å². The average Bonchev–Trinajstić information content (AvgIpc) is 2.83. The van der Waals surface area contributed by atoms with Crippen LogP contribution in [0.4, 0.5) is 0 Å². The van der Waals surface area contributed by atoms with E-state index in [1.807, 2.05) is 12.1 Å². The number of unbranched alkanes of at least 4 members (excludes halogenated alkanes) is 1. The molecule has 166 valence electrons.